The summed E-state index contributed by atoms with van der Waals surface area (Å²) < 4.78 is 26.0. The lowest BCUT2D eigenvalue weighted by atomic mass is 10.2. The highest BCUT2D eigenvalue weighted by molar-refractivity contribution is 5.76. The van der Waals surface area contributed by atoms with Crippen molar-refractivity contribution in [3.63, 3.8) is 0 Å². The molecule has 0 bridgehead atoms. The Morgan fingerprint density at radius 2 is 2.10 bits per heavy atom. The Hall–Kier alpha value is -1.49. The standard InChI is InChI=1S/C15H20F2N2O/c1-2-19(15(20)7-8-18-12-4-5-12)10-11-3-6-13(16)14(17)9-11/h3,6,9,12,18H,2,4-5,7-8,10H2,1H3. The molecule has 0 spiro atoms. The minimum atomic E-state index is -0.874. The first-order chi connectivity index (χ1) is 9.60. The van der Waals surface area contributed by atoms with E-state index in [1.807, 2.05) is 6.92 Å². The zero-order chi connectivity index (χ0) is 14.5. The maximum atomic E-state index is 13.1. The van der Waals surface area contributed by atoms with E-state index in [1.165, 1.54) is 18.9 Å². The van der Waals surface area contributed by atoms with Crippen LogP contribution in [-0.4, -0.2) is 29.9 Å². The van der Waals surface area contributed by atoms with Gasteiger partial charge in [0.1, 0.15) is 0 Å². The Morgan fingerprint density at radius 3 is 2.70 bits per heavy atom. The van der Waals surface area contributed by atoms with Crippen LogP contribution in [0.2, 0.25) is 0 Å². The van der Waals surface area contributed by atoms with Gasteiger partial charge in [0.05, 0.1) is 0 Å². The van der Waals surface area contributed by atoms with Gasteiger partial charge in [-0.25, -0.2) is 8.78 Å². The molecular weight excluding hydrogens is 262 g/mol. The molecule has 20 heavy (non-hydrogen) atoms. The normalized spacial score (nSPS) is 14.3. The number of amides is 1. The highest BCUT2D eigenvalue weighted by Gasteiger charge is 2.21. The van der Waals surface area contributed by atoms with Crippen molar-refractivity contribution >= 4 is 5.91 Å². The molecule has 110 valence electrons. The molecule has 1 aromatic rings. The Kier molecular flexibility index (Phi) is 5.06. The van der Waals surface area contributed by atoms with Crippen LogP contribution in [0.15, 0.2) is 18.2 Å². The summed E-state index contributed by atoms with van der Waals surface area (Å²) in [4.78, 5) is 13.7. The molecule has 1 N–H and O–H groups in total. The van der Waals surface area contributed by atoms with Crippen LogP contribution < -0.4 is 5.32 Å². The van der Waals surface area contributed by atoms with Crippen molar-refractivity contribution in [1.82, 2.24) is 10.2 Å². The van der Waals surface area contributed by atoms with E-state index < -0.39 is 11.6 Å². The number of benzene rings is 1. The summed E-state index contributed by atoms with van der Waals surface area (Å²) >= 11 is 0. The number of nitrogens with one attached hydrogen (secondary N) is 1. The second-order valence-corrected chi connectivity index (χ2v) is 5.13. The molecule has 0 unspecified atom stereocenters. The second-order valence-electron chi connectivity index (χ2n) is 5.13. The van der Waals surface area contributed by atoms with Crippen LogP contribution in [0, 0.1) is 11.6 Å². The van der Waals surface area contributed by atoms with Crippen LogP contribution in [0.1, 0.15) is 31.7 Å². The highest BCUT2D eigenvalue weighted by Crippen LogP contribution is 2.18. The van der Waals surface area contributed by atoms with Gasteiger partial charge in [0.15, 0.2) is 11.6 Å². The van der Waals surface area contributed by atoms with Gasteiger partial charge in [0, 0.05) is 32.1 Å². The van der Waals surface area contributed by atoms with Crippen molar-refractivity contribution in [3.8, 4) is 0 Å². The quantitative estimate of drug-likeness (QED) is 0.833. The lowest BCUT2D eigenvalue weighted by molar-refractivity contribution is -0.131. The summed E-state index contributed by atoms with van der Waals surface area (Å²) in [6.07, 6.45) is 2.83. The Balaban J connectivity index is 1.85. The van der Waals surface area contributed by atoms with Gasteiger partial charge < -0.3 is 10.2 Å². The number of hydrogen-bond donors (Lipinski definition) is 1. The predicted octanol–water partition coefficient (Wildman–Crippen LogP) is 2.46. The fraction of sp³-hybridized carbons (Fsp3) is 0.533. The van der Waals surface area contributed by atoms with Crippen LogP contribution >= 0.6 is 0 Å². The predicted molar refractivity (Wildman–Crippen MR) is 73.1 cm³/mol. The average Bonchev–Trinajstić information content (AvgIpc) is 3.24. The van der Waals surface area contributed by atoms with Gasteiger partial charge in [-0.05, 0) is 37.5 Å². The van der Waals surface area contributed by atoms with Crippen molar-refractivity contribution in [2.75, 3.05) is 13.1 Å². The average molecular weight is 282 g/mol. The molecule has 0 atom stereocenters. The lowest BCUT2D eigenvalue weighted by Crippen LogP contribution is -2.33. The van der Waals surface area contributed by atoms with Crippen LogP contribution in [0.25, 0.3) is 0 Å². The van der Waals surface area contributed by atoms with E-state index in [1.54, 1.807) is 4.90 Å². The lowest BCUT2D eigenvalue weighted by Gasteiger charge is -2.21. The molecule has 1 fully saturated rings. The number of halogens is 2. The van der Waals surface area contributed by atoms with Gasteiger partial charge >= 0.3 is 0 Å². The van der Waals surface area contributed by atoms with E-state index >= 15 is 0 Å². The summed E-state index contributed by atoms with van der Waals surface area (Å²) in [5, 5.41) is 3.29. The number of carbonyl (C=O) groups is 1. The molecule has 5 heteroatoms. The highest BCUT2D eigenvalue weighted by atomic mass is 19.2. The van der Waals surface area contributed by atoms with Gasteiger partial charge in [0.25, 0.3) is 0 Å². The summed E-state index contributed by atoms with van der Waals surface area (Å²) in [6.45, 7) is 3.43. The largest absolute Gasteiger partial charge is 0.339 e. The first-order valence-electron chi connectivity index (χ1n) is 7.05. The van der Waals surface area contributed by atoms with Gasteiger partial charge in [-0.15, -0.1) is 0 Å². The van der Waals surface area contributed by atoms with Crippen molar-refractivity contribution < 1.29 is 13.6 Å². The Morgan fingerprint density at radius 1 is 1.35 bits per heavy atom. The second kappa shape index (κ2) is 6.79. The van der Waals surface area contributed by atoms with Crippen LogP contribution in [0.5, 0.6) is 0 Å². The first-order valence-corrected chi connectivity index (χ1v) is 7.05. The number of rotatable bonds is 7. The van der Waals surface area contributed by atoms with Gasteiger partial charge in [-0.3, -0.25) is 4.79 Å². The van der Waals surface area contributed by atoms with Gasteiger partial charge in [-0.2, -0.15) is 0 Å². The molecule has 0 aromatic heterocycles. The van der Waals surface area contributed by atoms with Crippen LogP contribution in [-0.2, 0) is 11.3 Å². The van der Waals surface area contributed by atoms with E-state index in [-0.39, 0.29) is 5.91 Å². The maximum Gasteiger partial charge on any atom is 0.224 e. The van der Waals surface area contributed by atoms with E-state index in [0.29, 0.717) is 37.7 Å². The molecule has 0 aliphatic heterocycles. The SMILES string of the molecule is CCN(Cc1ccc(F)c(F)c1)C(=O)CCNC1CC1. The first kappa shape index (κ1) is 14.9. The molecule has 0 radical (unpaired) electrons. The summed E-state index contributed by atoms with van der Waals surface area (Å²) in [5.74, 6) is -1.71. The van der Waals surface area contributed by atoms with Crippen molar-refractivity contribution in [2.24, 2.45) is 0 Å². The monoisotopic (exact) mass is 282 g/mol. The molecule has 1 aromatic carbocycles. The van der Waals surface area contributed by atoms with Crippen LogP contribution in [0.3, 0.4) is 0 Å². The van der Waals surface area contributed by atoms with E-state index in [2.05, 4.69) is 5.32 Å². The summed E-state index contributed by atoms with van der Waals surface area (Å²) in [7, 11) is 0. The minimum Gasteiger partial charge on any atom is -0.339 e. The minimum absolute atomic E-state index is 0.0328. The maximum absolute atomic E-state index is 13.1. The molecular formula is C15H20F2N2O. The third-order valence-electron chi connectivity index (χ3n) is 3.44. The van der Waals surface area contributed by atoms with E-state index in [9.17, 15) is 13.6 Å². The molecule has 0 heterocycles. The fourth-order valence-electron chi connectivity index (χ4n) is 2.06. The fourth-order valence-corrected chi connectivity index (χ4v) is 2.06. The number of carbonyl (C=O) groups excluding carboxylic acids is 1. The molecule has 1 aliphatic rings. The van der Waals surface area contributed by atoms with Crippen LogP contribution in [0.4, 0.5) is 8.78 Å². The number of hydrogen-bond acceptors (Lipinski definition) is 2. The van der Waals surface area contributed by atoms with Crippen molar-refractivity contribution in [2.45, 2.75) is 38.8 Å². The molecule has 0 saturated heterocycles. The summed E-state index contributed by atoms with van der Waals surface area (Å²) in [5.41, 5.74) is 0.606. The van der Waals surface area contributed by atoms with Gasteiger partial charge in [-0.1, -0.05) is 6.07 Å². The zero-order valence-corrected chi connectivity index (χ0v) is 11.7. The third kappa shape index (κ3) is 4.27. The number of nitrogens with zero attached hydrogens (tertiary/aromatic N) is 1. The Labute approximate surface area is 118 Å². The van der Waals surface area contributed by atoms with Crippen molar-refractivity contribution in [3.05, 3.63) is 35.4 Å². The smallest absolute Gasteiger partial charge is 0.224 e. The van der Waals surface area contributed by atoms with E-state index in [0.717, 1.165) is 12.1 Å². The topological polar surface area (TPSA) is 32.3 Å². The van der Waals surface area contributed by atoms with Gasteiger partial charge in [0.2, 0.25) is 5.91 Å². The zero-order valence-electron chi connectivity index (χ0n) is 11.7. The molecule has 1 amide bonds. The summed E-state index contributed by atoms with van der Waals surface area (Å²) in [6, 6.07) is 4.34. The third-order valence-corrected chi connectivity index (χ3v) is 3.44. The van der Waals surface area contributed by atoms with Crippen molar-refractivity contribution in [1.29, 1.82) is 0 Å². The molecule has 3 nitrogen and oxygen atoms in total. The molecule has 2 rings (SSSR count). The van der Waals surface area contributed by atoms with E-state index in [4.69, 9.17) is 0 Å². The molecule has 1 saturated carbocycles. The Bertz CT molecular complexity index is 475. The molecule has 1 aliphatic carbocycles.